The average Bonchev–Trinajstić information content (AvgIpc) is 2.98. The quantitative estimate of drug-likeness (QED) is 0.533. The Morgan fingerprint density at radius 2 is 2.08 bits per heavy atom. The van der Waals surface area contributed by atoms with Crippen molar-refractivity contribution in [1.29, 1.82) is 0 Å². The number of phenolic OH excluding ortho intramolecular Hbond substituents is 1. The lowest BCUT2D eigenvalue weighted by molar-refractivity contribution is 0.446. The van der Waals surface area contributed by atoms with E-state index in [1.54, 1.807) is 4.68 Å². The number of rotatable bonds is 6. The van der Waals surface area contributed by atoms with Gasteiger partial charge in [-0.1, -0.05) is 32.5 Å². The molecule has 3 rings (SSSR count). The summed E-state index contributed by atoms with van der Waals surface area (Å²) in [6.07, 6.45) is 0.695. The van der Waals surface area contributed by atoms with Gasteiger partial charge in [0.2, 0.25) is 5.16 Å². The summed E-state index contributed by atoms with van der Waals surface area (Å²) in [6, 6.07) is 4.87. The molecule has 0 saturated heterocycles. The first-order valence-electron chi connectivity index (χ1n) is 8.15. The van der Waals surface area contributed by atoms with Crippen molar-refractivity contribution >= 4 is 22.7 Å². The van der Waals surface area contributed by atoms with Gasteiger partial charge in [-0.05, 0) is 40.0 Å². The van der Waals surface area contributed by atoms with Crippen LogP contribution in [0.2, 0.25) is 0 Å². The van der Waals surface area contributed by atoms with Crippen molar-refractivity contribution in [3.8, 4) is 5.75 Å². The van der Waals surface area contributed by atoms with E-state index in [0.717, 1.165) is 23.1 Å². The second kappa shape index (κ2) is 7.26. The third-order valence-corrected chi connectivity index (χ3v) is 4.81. The first-order valence-corrected chi connectivity index (χ1v) is 9.14. The predicted molar refractivity (Wildman–Crippen MR) is 95.7 cm³/mol. The van der Waals surface area contributed by atoms with Crippen molar-refractivity contribution in [1.82, 2.24) is 20.2 Å². The Kier molecular flexibility index (Phi) is 5.08. The van der Waals surface area contributed by atoms with E-state index in [1.807, 2.05) is 13.0 Å². The summed E-state index contributed by atoms with van der Waals surface area (Å²) in [6.45, 7) is 6.91. The van der Waals surface area contributed by atoms with Crippen molar-refractivity contribution in [2.24, 2.45) is 5.92 Å². The van der Waals surface area contributed by atoms with Crippen molar-refractivity contribution in [2.45, 2.75) is 44.6 Å². The van der Waals surface area contributed by atoms with E-state index in [9.17, 15) is 9.90 Å². The number of phenols is 1. The number of nitrogens with zero attached hydrogens (tertiary/aromatic N) is 4. The van der Waals surface area contributed by atoms with E-state index in [0.29, 0.717) is 28.8 Å². The standard InChI is InChI=1S/C17H20N4O3S/c1-4-11-5-13-12(6-16(23)24-15(13)7-14(11)22)9-25-17-18-19-20-21(17)8-10(2)3/h5-7,10,22H,4,8-9H2,1-3H3. The zero-order valence-electron chi connectivity index (χ0n) is 14.4. The third kappa shape index (κ3) is 3.84. The molecule has 0 aliphatic heterocycles. The molecule has 132 valence electrons. The lowest BCUT2D eigenvalue weighted by Crippen LogP contribution is -2.08. The molecular formula is C17H20N4O3S. The molecule has 0 bridgehead atoms. The number of hydrogen-bond acceptors (Lipinski definition) is 7. The van der Waals surface area contributed by atoms with Crippen LogP contribution in [-0.4, -0.2) is 25.3 Å². The van der Waals surface area contributed by atoms with Gasteiger partial charge in [0.05, 0.1) is 0 Å². The Labute approximate surface area is 149 Å². The first-order chi connectivity index (χ1) is 12.0. The average molecular weight is 360 g/mol. The van der Waals surface area contributed by atoms with Crippen LogP contribution < -0.4 is 5.63 Å². The van der Waals surface area contributed by atoms with Gasteiger partial charge >= 0.3 is 5.63 Å². The number of tetrazole rings is 1. The van der Waals surface area contributed by atoms with Gasteiger partial charge in [0.15, 0.2) is 0 Å². The molecule has 0 saturated carbocycles. The molecule has 2 aromatic heterocycles. The number of aromatic hydroxyl groups is 1. The molecule has 0 amide bonds. The fourth-order valence-corrected chi connectivity index (χ4v) is 3.49. The van der Waals surface area contributed by atoms with Gasteiger partial charge in [0.1, 0.15) is 11.3 Å². The third-order valence-electron chi connectivity index (χ3n) is 3.80. The molecule has 0 aliphatic rings. The number of aromatic nitrogens is 4. The molecule has 0 aliphatic carbocycles. The first kappa shape index (κ1) is 17.5. The molecular weight excluding hydrogens is 340 g/mol. The fraction of sp³-hybridized carbons (Fsp3) is 0.412. The van der Waals surface area contributed by atoms with Gasteiger partial charge in [-0.15, -0.1) is 5.10 Å². The van der Waals surface area contributed by atoms with Crippen LogP contribution in [0, 0.1) is 5.92 Å². The highest BCUT2D eigenvalue weighted by molar-refractivity contribution is 7.98. The molecule has 3 aromatic rings. The van der Waals surface area contributed by atoms with Crippen LogP contribution in [0.25, 0.3) is 11.0 Å². The number of benzene rings is 1. The molecule has 8 heteroatoms. The molecule has 0 radical (unpaired) electrons. The van der Waals surface area contributed by atoms with Gasteiger partial charge < -0.3 is 9.52 Å². The maximum absolute atomic E-state index is 11.8. The van der Waals surface area contributed by atoms with E-state index in [2.05, 4.69) is 29.4 Å². The van der Waals surface area contributed by atoms with Gasteiger partial charge in [-0.2, -0.15) is 0 Å². The van der Waals surface area contributed by atoms with Crippen molar-refractivity contribution in [2.75, 3.05) is 0 Å². The normalized spacial score (nSPS) is 11.5. The Morgan fingerprint density at radius 3 is 2.80 bits per heavy atom. The van der Waals surface area contributed by atoms with Crippen LogP contribution in [0.1, 0.15) is 31.9 Å². The highest BCUT2D eigenvalue weighted by atomic mass is 32.2. The molecule has 1 N–H and O–H groups in total. The van der Waals surface area contributed by atoms with Crippen LogP contribution in [0.3, 0.4) is 0 Å². The zero-order valence-corrected chi connectivity index (χ0v) is 15.2. The summed E-state index contributed by atoms with van der Waals surface area (Å²) < 4.78 is 7.00. The lowest BCUT2D eigenvalue weighted by Gasteiger charge is -2.09. The van der Waals surface area contributed by atoms with Gasteiger partial charge in [-0.3, -0.25) is 0 Å². The minimum Gasteiger partial charge on any atom is -0.508 e. The largest absolute Gasteiger partial charge is 0.508 e. The molecule has 1 aromatic carbocycles. The zero-order chi connectivity index (χ0) is 18.0. The molecule has 2 heterocycles. The maximum atomic E-state index is 11.8. The summed E-state index contributed by atoms with van der Waals surface area (Å²) in [5.41, 5.74) is 1.61. The van der Waals surface area contributed by atoms with Crippen molar-refractivity contribution < 1.29 is 9.52 Å². The molecule has 7 nitrogen and oxygen atoms in total. The smallest absolute Gasteiger partial charge is 0.336 e. The number of thioether (sulfide) groups is 1. The van der Waals surface area contributed by atoms with E-state index in [-0.39, 0.29) is 5.75 Å². The van der Waals surface area contributed by atoms with Crippen LogP contribution in [-0.2, 0) is 18.7 Å². The van der Waals surface area contributed by atoms with Gasteiger partial charge in [0, 0.05) is 29.8 Å². The van der Waals surface area contributed by atoms with Crippen molar-refractivity contribution in [3.63, 3.8) is 0 Å². The van der Waals surface area contributed by atoms with E-state index < -0.39 is 5.63 Å². The van der Waals surface area contributed by atoms with Gasteiger partial charge in [0.25, 0.3) is 0 Å². The Hall–Kier alpha value is -2.35. The fourth-order valence-electron chi connectivity index (χ4n) is 2.61. The summed E-state index contributed by atoms with van der Waals surface area (Å²) in [4.78, 5) is 11.8. The lowest BCUT2D eigenvalue weighted by atomic mass is 10.1. The van der Waals surface area contributed by atoms with Gasteiger partial charge in [-0.25, -0.2) is 9.48 Å². The molecule has 0 unspecified atom stereocenters. The number of fused-ring (bicyclic) bond motifs is 1. The minimum absolute atomic E-state index is 0.142. The Bertz CT molecular complexity index is 949. The van der Waals surface area contributed by atoms with Crippen molar-refractivity contribution in [3.05, 3.63) is 39.7 Å². The van der Waals surface area contributed by atoms with Crippen LogP contribution >= 0.6 is 11.8 Å². The maximum Gasteiger partial charge on any atom is 0.336 e. The molecule has 0 atom stereocenters. The SMILES string of the molecule is CCc1cc2c(CSc3nnnn3CC(C)C)cc(=O)oc2cc1O. The topological polar surface area (TPSA) is 94.0 Å². The highest BCUT2D eigenvalue weighted by Gasteiger charge is 2.13. The summed E-state index contributed by atoms with van der Waals surface area (Å²) in [5.74, 6) is 1.11. The Balaban J connectivity index is 1.93. The minimum atomic E-state index is -0.437. The van der Waals surface area contributed by atoms with E-state index in [1.165, 1.54) is 23.9 Å². The molecule has 0 fully saturated rings. The van der Waals surface area contributed by atoms with Crippen LogP contribution in [0.5, 0.6) is 5.75 Å². The predicted octanol–water partition coefficient (Wildman–Crippen LogP) is 3.00. The number of hydrogen-bond donors (Lipinski definition) is 1. The summed E-state index contributed by atoms with van der Waals surface area (Å²) in [7, 11) is 0. The van der Waals surface area contributed by atoms with Crippen LogP contribution in [0.15, 0.2) is 32.6 Å². The highest BCUT2D eigenvalue weighted by Crippen LogP contribution is 2.30. The Morgan fingerprint density at radius 1 is 1.28 bits per heavy atom. The molecule has 25 heavy (non-hydrogen) atoms. The van der Waals surface area contributed by atoms with E-state index >= 15 is 0 Å². The monoisotopic (exact) mass is 360 g/mol. The van der Waals surface area contributed by atoms with Crippen LogP contribution in [0.4, 0.5) is 0 Å². The van der Waals surface area contributed by atoms with E-state index in [4.69, 9.17) is 4.42 Å². The summed E-state index contributed by atoms with van der Waals surface area (Å²) in [5, 5.41) is 23.3. The second-order valence-electron chi connectivity index (χ2n) is 6.25. The molecule has 0 spiro atoms. The second-order valence-corrected chi connectivity index (χ2v) is 7.19. The number of aryl methyl sites for hydroxylation is 1. The summed E-state index contributed by atoms with van der Waals surface area (Å²) >= 11 is 1.47.